The molecular weight excluding hydrogens is 360 g/mol. The third-order valence-electron chi connectivity index (χ3n) is 4.39. The summed E-state index contributed by atoms with van der Waals surface area (Å²) in [5.41, 5.74) is 0. The molecule has 126 valence electrons. The molecule has 0 aromatic heterocycles. The number of halogens is 1. The largest absolute Gasteiger partial charge is 0.455 e. The van der Waals surface area contributed by atoms with E-state index in [0.717, 1.165) is 0 Å². The summed E-state index contributed by atoms with van der Waals surface area (Å²) in [5, 5.41) is 9.29. The molecule has 1 N–H and O–H groups in total. The van der Waals surface area contributed by atoms with Crippen molar-refractivity contribution in [3.8, 4) is 11.8 Å². The molecule has 0 amide bonds. The summed E-state index contributed by atoms with van der Waals surface area (Å²) < 4.78 is 6.63. The van der Waals surface area contributed by atoms with Crippen LogP contribution >= 0.6 is 15.9 Å². The first-order chi connectivity index (χ1) is 9.12. The van der Waals surface area contributed by atoms with E-state index in [1.54, 1.807) is 0 Å². The molecule has 0 radical (unpaired) electrons. The molecule has 0 aliphatic carbocycles. The highest BCUT2D eigenvalue weighted by atomic mass is 79.9. The Morgan fingerprint density at radius 3 is 1.33 bits per heavy atom. The molecule has 0 saturated heterocycles. The minimum Gasteiger partial charge on any atom is -0.455 e. The van der Waals surface area contributed by atoms with Crippen molar-refractivity contribution in [1.82, 2.24) is 0 Å². The normalized spacial score (nSPS) is 13.0. The highest BCUT2D eigenvalue weighted by molar-refractivity contribution is 9.09. The second-order valence-corrected chi connectivity index (χ2v) is 18.7. The van der Waals surface area contributed by atoms with E-state index in [2.05, 4.69) is 95.5 Å². The van der Waals surface area contributed by atoms with Crippen LogP contribution in [0.5, 0.6) is 0 Å². The molecule has 0 bridgehead atoms. The third kappa shape index (κ3) is 9.19. The van der Waals surface area contributed by atoms with Crippen LogP contribution in [0.3, 0.4) is 0 Å². The van der Waals surface area contributed by atoms with Crippen molar-refractivity contribution in [2.45, 2.75) is 77.8 Å². The average Bonchev–Trinajstić information content (AvgIpc) is 2.22. The first kappa shape index (κ1) is 23.7. The Kier molecular flexibility index (Phi) is 10.0. The maximum Gasteiger partial charge on any atom is 0.178 e. The van der Waals surface area contributed by atoms with Crippen molar-refractivity contribution >= 4 is 32.6 Å². The second-order valence-electron chi connectivity index (χ2n) is 8.27. The van der Waals surface area contributed by atoms with Crippen LogP contribution in [0.15, 0.2) is 0 Å². The van der Waals surface area contributed by atoms with Crippen molar-refractivity contribution < 1.29 is 9.22 Å². The van der Waals surface area contributed by atoms with Crippen molar-refractivity contribution in [2.75, 3.05) is 11.9 Å². The van der Waals surface area contributed by atoms with E-state index in [9.17, 15) is 0 Å². The smallest absolute Gasteiger partial charge is 0.178 e. The molecule has 0 aliphatic rings. The molecule has 5 heteroatoms. The van der Waals surface area contributed by atoms with Crippen LogP contribution in [0.25, 0.3) is 0 Å². The topological polar surface area (TPSA) is 29.5 Å². The zero-order chi connectivity index (χ0) is 17.5. The van der Waals surface area contributed by atoms with Crippen molar-refractivity contribution in [2.24, 2.45) is 0 Å². The molecule has 0 heterocycles. The number of hydrogen-bond donors (Lipinski definition) is 1. The quantitative estimate of drug-likeness (QED) is 0.386. The van der Waals surface area contributed by atoms with E-state index in [4.69, 9.17) is 9.22 Å². The lowest BCUT2D eigenvalue weighted by Crippen LogP contribution is -2.53. The van der Waals surface area contributed by atoms with Gasteiger partial charge in [-0.2, -0.15) is 0 Å². The van der Waals surface area contributed by atoms with E-state index in [1.807, 2.05) is 0 Å². The third-order valence-corrected chi connectivity index (χ3v) is 16.0. The summed E-state index contributed by atoms with van der Waals surface area (Å²) in [4.78, 5) is 0. The maximum atomic E-state index is 8.00. The lowest BCUT2D eigenvalue weighted by Gasteiger charge is -2.47. The van der Waals surface area contributed by atoms with Gasteiger partial charge >= 0.3 is 0 Å². The van der Waals surface area contributed by atoms with Gasteiger partial charge in [-0.1, -0.05) is 69.3 Å². The van der Waals surface area contributed by atoms with Crippen LogP contribution in [0.2, 0.25) is 36.3 Å². The van der Waals surface area contributed by atoms with Gasteiger partial charge in [0.15, 0.2) is 16.6 Å². The van der Waals surface area contributed by atoms with Gasteiger partial charge in [0.2, 0.25) is 0 Å². The van der Waals surface area contributed by atoms with Gasteiger partial charge in [0.1, 0.15) is 6.61 Å². The molecule has 2 nitrogen and oxygen atoms in total. The van der Waals surface area contributed by atoms with E-state index in [1.165, 1.54) is 0 Å². The SMILES string of the molecule is CC(C)(C)[Si](C)(C)O[Si](C)(C)C(C)(C)C.OCC#CCBr. The van der Waals surface area contributed by atoms with Crippen LogP contribution in [0.4, 0.5) is 0 Å². The maximum absolute atomic E-state index is 8.00. The molecule has 0 aromatic rings. The number of aliphatic hydroxyl groups excluding tert-OH is 1. The van der Waals surface area contributed by atoms with E-state index in [0.29, 0.717) is 15.4 Å². The molecule has 0 fully saturated rings. The first-order valence-electron chi connectivity index (χ1n) is 7.45. The molecule has 0 atom stereocenters. The van der Waals surface area contributed by atoms with Crippen molar-refractivity contribution in [3.05, 3.63) is 0 Å². The lowest BCUT2D eigenvalue weighted by atomic mass is 10.2. The van der Waals surface area contributed by atoms with Gasteiger partial charge in [0.05, 0.1) is 5.33 Å². The zero-order valence-electron chi connectivity index (χ0n) is 15.6. The number of hydrogen-bond acceptors (Lipinski definition) is 2. The Morgan fingerprint density at radius 1 is 0.857 bits per heavy atom. The van der Waals surface area contributed by atoms with E-state index < -0.39 is 16.6 Å². The van der Waals surface area contributed by atoms with Crippen molar-refractivity contribution in [1.29, 1.82) is 0 Å². The Bertz CT molecular complexity index is 323. The van der Waals surface area contributed by atoms with E-state index in [-0.39, 0.29) is 6.61 Å². The summed E-state index contributed by atoms with van der Waals surface area (Å²) in [5.74, 6) is 5.07. The van der Waals surface area contributed by atoms with Crippen LogP contribution in [-0.2, 0) is 4.12 Å². The molecule has 0 saturated carbocycles. The predicted molar refractivity (Wildman–Crippen MR) is 104 cm³/mol. The second kappa shape index (κ2) is 8.88. The molecule has 0 unspecified atom stereocenters. The molecule has 0 spiro atoms. The minimum atomic E-state index is -1.59. The molecule has 21 heavy (non-hydrogen) atoms. The van der Waals surface area contributed by atoms with Crippen LogP contribution < -0.4 is 0 Å². The number of rotatable bonds is 2. The summed E-state index contributed by atoms with van der Waals surface area (Å²) in [6.45, 7) is 23.3. The average molecular weight is 396 g/mol. The molecule has 0 aromatic carbocycles. The summed E-state index contributed by atoms with van der Waals surface area (Å²) in [6, 6.07) is 0. The fourth-order valence-electron chi connectivity index (χ4n) is 1.05. The first-order valence-corrected chi connectivity index (χ1v) is 14.4. The molecular formula is C16H35BrO2Si2. The van der Waals surface area contributed by atoms with Crippen LogP contribution in [-0.4, -0.2) is 33.7 Å². The van der Waals surface area contributed by atoms with Crippen LogP contribution in [0.1, 0.15) is 41.5 Å². The fraction of sp³-hybridized carbons (Fsp3) is 0.875. The van der Waals surface area contributed by atoms with Gasteiger partial charge in [-0.15, -0.1) is 0 Å². The van der Waals surface area contributed by atoms with Gasteiger partial charge < -0.3 is 9.22 Å². The zero-order valence-corrected chi connectivity index (χ0v) is 19.2. The highest BCUT2D eigenvalue weighted by Crippen LogP contribution is 2.44. The van der Waals surface area contributed by atoms with Gasteiger partial charge in [0.25, 0.3) is 0 Å². The monoisotopic (exact) mass is 394 g/mol. The van der Waals surface area contributed by atoms with Gasteiger partial charge in [-0.05, 0) is 36.3 Å². The lowest BCUT2D eigenvalue weighted by molar-refractivity contribution is 0.350. The fourth-order valence-corrected chi connectivity index (χ4v) is 8.80. The standard InChI is InChI=1S/C12H30OSi2.C4H5BrO/c1-11(2,3)14(7,8)13-15(9,10)12(4,5)6;5-3-1-2-4-6/h1-10H3;6H,3-4H2. The highest BCUT2D eigenvalue weighted by Gasteiger charge is 2.46. The van der Waals surface area contributed by atoms with Gasteiger partial charge in [-0.25, -0.2) is 0 Å². The Balaban J connectivity index is 0. The van der Waals surface area contributed by atoms with Crippen molar-refractivity contribution in [3.63, 3.8) is 0 Å². The van der Waals surface area contributed by atoms with E-state index >= 15 is 0 Å². The van der Waals surface area contributed by atoms with Gasteiger partial charge in [-0.3, -0.25) is 0 Å². The van der Waals surface area contributed by atoms with Gasteiger partial charge in [0, 0.05) is 0 Å². The number of alkyl halides is 1. The Hall–Kier alpha value is 0.394. The van der Waals surface area contributed by atoms with Crippen LogP contribution in [0, 0.1) is 11.8 Å². The summed E-state index contributed by atoms with van der Waals surface area (Å²) in [7, 11) is -3.18. The Morgan fingerprint density at radius 2 is 1.19 bits per heavy atom. The Labute approximate surface area is 143 Å². The minimum absolute atomic E-state index is 0.0361. The summed E-state index contributed by atoms with van der Waals surface area (Å²) >= 11 is 3.07. The predicted octanol–water partition coefficient (Wildman–Crippen LogP) is 5.39. The molecule has 0 rings (SSSR count). The number of aliphatic hydroxyl groups is 1. The summed E-state index contributed by atoms with van der Waals surface area (Å²) in [6.07, 6.45) is 0. The molecule has 0 aliphatic heterocycles.